The molecule has 2 aromatic carbocycles. The minimum absolute atomic E-state index is 0.0456. The van der Waals surface area contributed by atoms with E-state index in [9.17, 15) is 4.39 Å². The third kappa shape index (κ3) is 3.14. The monoisotopic (exact) mass is 283 g/mol. The third-order valence-electron chi connectivity index (χ3n) is 3.57. The van der Waals surface area contributed by atoms with E-state index in [-0.39, 0.29) is 11.9 Å². The third-order valence-corrected chi connectivity index (χ3v) is 3.57. The second kappa shape index (κ2) is 6.10. The first kappa shape index (κ1) is 13.8. The number of fused-ring (bicyclic) bond motifs is 1. The predicted octanol–water partition coefficient (Wildman–Crippen LogP) is 4.47. The first-order valence-corrected chi connectivity index (χ1v) is 7.22. The Balaban J connectivity index is 1.90. The summed E-state index contributed by atoms with van der Waals surface area (Å²) in [6.45, 7) is 2.89. The summed E-state index contributed by atoms with van der Waals surface area (Å²) in [6, 6.07) is 16.8. The molecule has 0 radical (unpaired) electrons. The Morgan fingerprint density at radius 3 is 2.71 bits per heavy atom. The van der Waals surface area contributed by atoms with Gasteiger partial charge in [0.15, 0.2) is 0 Å². The van der Waals surface area contributed by atoms with Crippen LogP contribution in [0.15, 0.2) is 59.0 Å². The van der Waals surface area contributed by atoms with E-state index in [1.54, 1.807) is 12.1 Å². The molecule has 2 nitrogen and oxygen atoms in total. The standard InChI is InChI=1S/C18H18FNO/c1-2-20-16(11-13-6-5-8-15(19)10-13)18-12-14-7-3-4-9-17(14)21-18/h3-10,12,16,20H,2,11H2,1H3. The Morgan fingerprint density at radius 1 is 1.10 bits per heavy atom. The molecule has 0 aliphatic carbocycles. The van der Waals surface area contributed by atoms with E-state index in [0.29, 0.717) is 6.42 Å². The quantitative estimate of drug-likeness (QED) is 0.747. The van der Waals surface area contributed by atoms with Crippen LogP contribution in [0.3, 0.4) is 0 Å². The summed E-state index contributed by atoms with van der Waals surface area (Å²) in [7, 11) is 0. The lowest BCUT2D eigenvalue weighted by Gasteiger charge is -2.15. The zero-order valence-electron chi connectivity index (χ0n) is 12.0. The van der Waals surface area contributed by atoms with Gasteiger partial charge >= 0.3 is 0 Å². The highest BCUT2D eigenvalue weighted by Gasteiger charge is 2.16. The van der Waals surface area contributed by atoms with Crippen molar-refractivity contribution in [3.8, 4) is 0 Å². The van der Waals surface area contributed by atoms with Gasteiger partial charge in [0.05, 0.1) is 6.04 Å². The van der Waals surface area contributed by atoms with E-state index >= 15 is 0 Å². The fraction of sp³-hybridized carbons (Fsp3) is 0.222. The van der Waals surface area contributed by atoms with Gasteiger partial charge in [0.2, 0.25) is 0 Å². The summed E-state index contributed by atoms with van der Waals surface area (Å²) in [6.07, 6.45) is 0.700. The average molecular weight is 283 g/mol. The van der Waals surface area contributed by atoms with Gasteiger partial charge < -0.3 is 9.73 Å². The van der Waals surface area contributed by atoms with Crippen LogP contribution in [0, 0.1) is 5.82 Å². The van der Waals surface area contributed by atoms with Gasteiger partial charge in [-0.1, -0.05) is 37.3 Å². The van der Waals surface area contributed by atoms with Gasteiger partial charge in [-0.15, -0.1) is 0 Å². The Hall–Kier alpha value is -2.13. The Morgan fingerprint density at radius 2 is 1.95 bits per heavy atom. The molecule has 0 fully saturated rings. The maximum Gasteiger partial charge on any atom is 0.134 e. The van der Waals surface area contributed by atoms with E-state index < -0.39 is 0 Å². The fourth-order valence-electron chi connectivity index (χ4n) is 2.59. The second-order valence-electron chi connectivity index (χ2n) is 5.13. The number of hydrogen-bond acceptors (Lipinski definition) is 2. The largest absolute Gasteiger partial charge is 0.459 e. The van der Waals surface area contributed by atoms with Crippen LogP contribution in [-0.2, 0) is 6.42 Å². The molecular formula is C18H18FNO. The van der Waals surface area contributed by atoms with Crippen molar-refractivity contribution < 1.29 is 8.81 Å². The van der Waals surface area contributed by atoms with Crippen LogP contribution in [0.25, 0.3) is 11.0 Å². The van der Waals surface area contributed by atoms with E-state index in [0.717, 1.165) is 28.8 Å². The van der Waals surface area contributed by atoms with Crippen molar-refractivity contribution in [2.24, 2.45) is 0 Å². The van der Waals surface area contributed by atoms with Crippen molar-refractivity contribution >= 4 is 11.0 Å². The van der Waals surface area contributed by atoms with E-state index in [1.165, 1.54) is 6.07 Å². The first-order valence-electron chi connectivity index (χ1n) is 7.22. The van der Waals surface area contributed by atoms with Crippen LogP contribution in [-0.4, -0.2) is 6.54 Å². The smallest absolute Gasteiger partial charge is 0.134 e. The molecule has 21 heavy (non-hydrogen) atoms. The molecule has 1 aromatic heterocycles. The number of hydrogen-bond donors (Lipinski definition) is 1. The highest BCUT2D eigenvalue weighted by Crippen LogP contribution is 2.26. The lowest BCUT2D eigenvalue weighted by Crippen LogP contribution is -2.22. The van der Waals surface area contributed by atoms with E-state index in [4.69, 9.17) is 4.42 Å². The lowest BCUT2D eigenvalue weighted by molar-refractivity contribution is 0.434. The minimum atomic E-state index is -0.202. The molecule has 3 heteroatoms. The molecule has 0 aliphatic rings. The molecule has 0 aliphatic heterocycles. The lowest BCUT2D eigenvalue weighted by atomic mass is 10.0. The molecule has 0 saturated carbocycles. The number of furan rings is 1. The van der Waals surface area contributed by atoms with Gasteiger partial charge in [0.1, 0.15) is 17.2 Å². The SMILES string of the molecule is CCNC(Cc1cccc(F)c1)c1cc2ccccc2o1. The molecule has 3 rings (SSSR count). The average Bonchev–Trinajstić information content (AvgIpc) is 2.91. The summed E-state index contributed by atoms with van der Waals surface area (Å²) < 4.78 is 19.3. The molecule has 0 spiro atoms. The maximum atomic E-state index is 13.3. The normalized spacial score (nSPS) is 12.7. The van der Waals surface area contributed by atoms with Gasteiger partial charge in [-0.2, -0.15) is 0 Å². The molecule has 1 atom stereocenters. The molecule has 108 valence electrons. The van der Waals surface area contributed by atoms with Crippen LogP contribution in [0.5, 0.6) is 0 Å². The fourth-order valence-corrected chi connectivity index (χ4v) is 2.59. The summed E-state index contributed by atoms with van der Waals surface area (Å²) >= 11 is 0. The molecular weight excluding hydrogens is 265 g/mol. The van der Waals surface area contributed by atoms with Crippen LogP contribution in [0.1, 0.15) is 24.3 Å². The highest BCUT2D eigenvalue weighted by atomic mass is 19.1. The van der Waals surface area contributed by atoms with Gasteiger partial charge in [-0.05, 0) is 42.8 Å². The zero-order valence-corrected chi connectivity index (χ0v) is 12.0. The summed E-state index contributed by atoms with van der Waals surface area (Å²) in [5.41, 5.74) is 1.84. The predicted molar refractivity (Wildman–Crippen MR) is 82.7 cm³/mol. The maximum absolute atomic E-state index is 13.3. The number of para-hydroxylation sites is 1. The summed E-state index contributed by atoms with van der Waals surface area (Å²) in [5.74, 6) is 0.690. The van der Waals surface area contributed by atoms with Crippen molar-refractivity contribution in [3.05, 3.63) is 71.7 Å². The van der Waals surface area contributed by atoms with Crippen LogP contribution < -0.4 is 5.32 Å². The van der Waals surface area contributed by atoms with E-state index in [2.05, 4.69) is 18.3 Å². The zero-order chi connectivity index (χ0) is 14.7. The summed E-state index contributed by atoms with van der Waals surface area (Å²) in [4.78, 5) is 0. The Bertz CT molecular complexity index is 702. The summed E-state index contributed by atoms with van der Waals surface area (Å²) in [5, 5.41) is 4.50. The number of halogens is 1. The van der Waals surface area contributed by atoms with Crippen LogP contribution in [0.4, 0.5) is 4.39 Å². The highest BCUT2D eigenvalue weighted by molar-refractivity contribution is 5.77. The topological polar surface area (TPSA) is 25.2 Å². The molecule has 0 amide bonds. The van der Waals surface area contributed by atoms with Crippen molar-refractivity contribution in [1.82, 2.24) is 5.32 Å². The van der Waals surface area contributed by atoms with Crippen LogP contribution >= 0.6 is 0 Å². The number of benzene rings is 2. The van der Waals surface area contributed by atoms with Crippen molar-refractivity contribution in [1.29, 1.82) is 0 Å². The molecule has 3 aromatic rings. The first-order chi connectivity index (χ1) is 10.3. The van der Waals surface area contributed by atoms with Gasteiger partial charge in [0, 0.05) is 5.39 Å². The number of likely N-dealkylation sites (N-methyl/N-ethyl adjacent to an activating group) is 1. The Labute approximate surface area is 123 Å². The minimum Gasteiger partial charge on any atom is -0.459 e. The van der Waals surface area contributed by atoms with Crippen LogP contribution in [0.2, 0.25) is 0 Å². The number of rotatable bonds is 5. The second-order valence-corrected chi connectivity index (χ2v) is 5.13. The van der Waals surface area contributed by atoms with E-state index in [1.807, 2.05) is 30.3 Å². The molecule has 1 unspecified atom stereocenters. The van der Waals surface area contributed by atoms with Gasteiger partial charge in [0.25, 0.3) is 0 Å². The molecule has 0 bridgehead atoms. The van der Waals surface area contributed by atoms with Crippen molar-refractivity contribution in [2.75, 3.05) is 6.54 Å². The molecule has 1 heterocycles. The van der Waals surface area contributed by atoms with Gasteiger partial charge in [-0.25, -0.2) is 4.39 Å². The molecule has 0 saturated heterocycles. The molecule has 1 N–H and O–H groups in total. The number of nitrogens with one attached hydrogen (secondary N) is 1. The van der Waals surface area contributed by atoms with Gasteiger partial charge in [-0.3, -0.25) is 0 Å². The van der Waals surface area contributed by atoms with Crippen molar-refractivity contribution in [3.63, 3.8) is 0 Å². The van der Waals surface area contributed by atoms with Crippen molar-refractivity contribution in [2.45, 2.75) is 19.4 Å². The Kier molecular flexibility index (Phi) is 4.02.